The van der Waals surface area contributed by atoms with Crippen LogP contribution < -0.4 is 14.4 Å². The normalized spacial score (nSPS) is 12.7. The maximum absolute atomic E-state index is 14.1. The third-order valence-corrected chi connectivity index (χ3v) is 8.69. The van der Waals surface area contributed by atoms with Gasteiger partial charge in [0.2, 0.25) is 11.8 Å². The van der Waals surface area contributed by atoms with Crippen molar-refractivity contribution >= 4 is 27.5 Å². The summed E-state index contributed by atoms with van der Waals surface area (Å²) in [5, 5.41) is 2.99. The van der Waals surface area contributed by atoms with Crippen LogP contribution in [-0.4, -0.2) is 50.4 Å². The number of nitrogens with zero attached hydrogens (tertiary/aromatic N) is 2. The Morgan fingerprint density at radius 1 is 0.878 bits per heavy atom. The van der Waals surface area contributed by atoms with Crippen LogP contribution in [0.1, 0.15) is 51.7 Å². The average Bonchev–Trinajstić information content (AvgIpc) is 2.97. The number of carbonyl (C=O) groups excluding carboxylic acids is 2. The molecule has 0 bridgehead atoms. The fourth-order valence-electron chi connectivity index (χ4n) is 4.38. The summed E-state index contributed by atoms with van der Waals surface area (Å²) in [6.45, 7) is 9.62. The highest BCUT2D eigenvalue weighted by molar-refractivity contribution is 7.92. The highest BCUT2D eigenvalue weighted by Crippen LogP contribution is 2.27. The second-order valence-corrected chi connectivity index (χ2v) is 11.9. The molecule has 0 fully saturated rings. The van der Waals surface area contributed by atoms with Gasteiger partial charge in [-0.3, -0.25) is 13.9 Å². The lowest BCUT2D eigenvalue weighted by atomic mass is 10.1. The van der Waals surface area contributed by atoms with Crippen molar-refractivity contribution in [3.63, 3.8) is 0 Å². The Bertz CT molecular complexity index is 1380. The van der Waals surface area contributed by atoms with E-state index in [0.29, 0.717) is 24.5 Å². The van der Waals surface area contributed by atoms with Crippen molar-refractivity contribution < 1.29 is 22.7 Å². The Balaban J connectivity index is 2.04. The number of hydrogen-bond acceptors (Lipinski definition) is 5. The molecule has 8 nitrogen and oxygen atoms in total. The molecule has 0 aliphatic rings. The summed E-state index contributed by atoms with van der Waals surface area (Å²) < 4.78 is 34.6. The van der Waals surface area contributed by atoms with E-state index in [1.54, 1.807) is 36.4 Å². The van der Waals surface area contributed by atoms with Crippen LogP contribution in [0.3, 0.4) is 0 Å². The summed E-state index contributed by atoms with van der Waals surface area (Å²) in [6, 6.07) is 21.7. The number of amides is 2. The minimum atomic E-state index is -4.13. The van der Waals surface area contributed by atoms with Gasteiger partial charge in [0.25, 0.3) is 10.0 Å². The first-order chi connectivity index (χ1) is 19.6. The van der Waals surface area contributed by atoms with Crippen LogP contribution in [0.5, 0.6) is 5.75 Å². The zero-order valence-corrected chi connectivity index (χ0v) is 25.4. The van der Waals surface area contributed by atoms with Gasteiger partial charge in [0.05, 0.1) is 17.2 Å². The summed E-state index contributed by atoms with van der Waals surface area (Å²) in [5.41, 5.74) is 2.07. The number of benzene rings is 3. The second kappa shape index (κ2) is 14.7. The van der Waals surface area contributed by atoms with Gasteiger partial charge in [-0.1, -0.05) is 61.9 Å². The smallest absolute Gasteiger partial charge is 0.264 e. The molecule has 0 heterocycles. The SMILES string of the molecule is CCOc1ccc(N(CC(=O)N(Cc2ccccc2)[C@@H](CC)C(=O)N[C@@H](C)CC)S(=O)(=O)c2ccc(C)cc2)cc1. The first-order valence-electron chi connectivity index (χ1n) is 14.1. The summed E-state index contributed by atoms with van der Waals surface area (Å²) in [7, 11) is -4.13. The van der Waals surface area contributed by atoms with Gasteiger partial charge in [0.15, 0.2) is 0 Å². The van der Waals surface area contributed by atoms with E-state index in [2.05, 4.69) is 5.32 Å². The molecule has 9 heteroatoms. The zero-order chi connectivity index (χ0) is 30.0. The first-order valence-corrected chi connectivity index (χ1v) is 15.5. The Kier molecular flexibility index (Phi) is 11.3. The monoisotopic (exact) mass is 579 g/mol. The van der Waals surface area contributed by atoms with Gasteiger partial charge < -0.3 is 15.0 Å². The minimum absolute atomic E-state index is 0.0625. The minimum Gasteiger partial charge on any atom is -0.494 e. The molecule has 3 aromatic rings. The van der Waals surface area contributed by atoms with Crippen molar-refractivity contribution in [2.24, 2.45) is 0 Å². The van der Waals surface area contributed by atoms with E-state index < -0.39 is 28.5 Å². The highest BCUT2D eigenvalue weighted by atomic mass is 32.2. The topological polar surface area (TPSA) is 96.0 Å². The molecule has 41 heavy (non-hydrogen) atoms. The predicted molar refractivity (Wildman–Crippen MR) is 162 cm³/mol. The molecule has 0 saturated heterocycles. The fraction of sp³-hybridized carbons (Fsp3) is 0.375. The van der Waals surface area contributed by atoms with Gasteiger partial charge in [0.1, 0.15) is 18.3 Å². The highest BCUT2D eigenvalue weighted by Gasteiger charge is 2.34. The molecule has 3 aromatic carbocycles. The Morgan fingerprint density at radius 3 is 2.07 bits per heavy atom. The van der Waals surface area contributed by atoms with E-state index >= 15 is 0 Å². The Hall–Kier alpha value is -3.85. The Labute approximate surface area is 244 Å². The quantitative estimate of drug-likeness (QED) is 0.279. The standard InChI is InChI=1S/C32H41N3O5S/c1-6-25(5)33-32(37)30(7-2)34(22-26-12-10-9-11-13-26)31(36)23-35(27-16-18-28(19-17-27)40-8-3)41(38,39)29-20-14-24(4)15-21-29/h9-21,25,30H,6-8,22-23H2,1-5H3,(H,33,37)/t25-,30-/m0/s1. The van der Waals surface area contributed by atoms with Crippen molar-refractivity contribution in [1.82, 2.24) is 10.2 Å². The maximum atomic E-state index is 14.1. The van der Waals surface area contributed by atoms with E-state index in [1.165, 1.54) is 17.0 Å². The van der Waals surface area contributed by atoms with E-state index in [4.69, 9.17) is 4.74 Å². The number of nitrogens with one attached hydrogen (secondary N) is 1. The molecule has 2 amide bonds. The van der Waals surface area contributed by atoms with E-state index in [0.717, 1.165) is 21.9 Å². The van der Waals surface area contributed by atoms with Crippen LogP contribution in [-0.2, 0) is 26.2 Å². The number of anilines is 1. The summed E-state index contributed by atoms with van der Waals surface area (Å²) in [5.74, 6) is -0.154. The molecular formula is C32H41N3O5S. The summed E-state index contributed by atoms with van der Waals surface area (Å²) in [4.78, 5) is 29.0. The molecule has 0 unspecified atom stereocenters. The molecule has 3 rings (SSSR count). The second-order valence-electron chi connectivity index (χ2n) is 10.0. The number of rotatable bonds is 14. The van der Waals surface area contributed by atoms with Gasteiger partial charge in [-0.15, -0.1) is 0 Å². The van der Waals surface area contributed by atoms with E-state index in [9.17, 15) is 18.0 Å². The number of carbonyl (C=O) groups is 2. The van der Waals surface area contributed by atoms with Crippen LogP contribution in [0.4, 0.5) is 5.69 Å². The van der Waals surface area contributed by atoms with Crippen molar-refractivity contribution in [1.29, 1.82) is 0 Å². The largest absolute Gasteiger partial charge is 0.494 e. The van der Waals surface area contributed by atoms with Gasteiger partial charge in [-0.25, -0.2) is 8.42 Å². The van der Waals surface area contributed by atoms with Crippen molar-refractivity contribution in [2.45, 2.75) is 71.0 Å². The lowest BCUT2D eigenvalue weighted by molar-refractivity contribution is -0.140. The number of sulfonamides is 1. The van der Waals surface area contributed by atoms with Gasteiger partial charge in [0, 0.05) is 12.6 Å². The van der Waals surface area contributed by atoms with Gasteiger partial charge in [-0.2, -0.15) is 0 Å². The van der Waals surface area contributed by atoms with Crippen molar-refractivity contribution in [2.75, 3.05) is 17.5 Å². The van der Waals surface area contributed by atoms with Crippen LogP contribution in [0.15, 0.2) is 83.8 Å². The molecular weight excluding hydrogens is 538 g/mol. The van der Waals surface area contributed by atoms with E-state index in [-0.39, 0.29) is 23.4 Å². The summed E-state index contributed by atoms with van der Waals surface area (Å²) >= 11 is 0. The van der Waals surface area contributed by atoms with Gasteiger partial charge in [-0.05, 0) is 75.6 Å². The molecule has 0 aliphatic heterocycles. The van der Waals surface area contributed by atoms with Crippen LogP contribution in [0.25, 0.3) is 0 Å². The molecule has 0 saturated carbocycles. The van der Waals surface area contributed by atoms with Crippen molar-refractivity contribution in [3.8, 4) is 5.75 Å². The number of hydrogen-bond donors (Lipinski definition) is 1. The molecule has 1 N–H and O–H groups in total. The third-order valence-electron chi connectivity index (χ3n) is 6.91. The molecule has 0 aromatic heterocycles. The fourth-order valence-corrected chi connectivity index (χ4v) is 5.80. The lowest BCUT2D eigenvalue weighted by Crippen LogP contribution is -2.53. The zero-order valence-electron chi connectivity index (χ0n) is 24.5. The van der Waals surface area contributed by atoms with Crippen LogP contribution in [0.2, 0.25) is 0 Å². The average molecular weight is 580 g/mol. The molecule has 0 spiro atoms. The summed E-state index contributed by atoms with van der Waals surface area (Å²) in [6.07, 6.45) is 1.11. The van der Waals surface area contributed by atoms with Crippen LogP contribution >= 0.6 is 0 Å². The number of aryl methyl sites for hydroxylation is 1. The lowest BCUT2D eigenvalue weighted by Gasteiger charge is -2.33. The maximum Gasteiger partial charge on any atom is 0.264 e. The number of ether oxygens (including phenoxy) is 1. The predicted octanol–water partition coefficient (Wildman–Crippen LogP) is 5.31. The first kappa shape index (κ1) is 31.7. The van der Waals surface area contributed by atoms with Gasteiger partial charge >= 0.3 is 0 Å². The molecule has 0 radical (unpaired) electrons. The third kappa shape index (κ3) is 8.33. The van der Waals surface area contributed by atoms with E-state index in [1.807, 2.05) is 65.0 Å². The van der Waals surface area contributed by atoms with Crippen molar-refractivity contribution in [3.05, 3.63) is 90.0 Å². The molecule has 2 atom stereocenters. The molecule has 0 aliphatic carbocycles. The molecule has 220 valence electrons. The van der Waals surface area contributed by atoms with Crippen LogP contribution in [0, 0.1) is 6.92 Å². The Morgan fingerprint density at radius 2 is 1.51 bits per heavy atom.